The molecule has 0 saturated carbocycles. The van der Waals surface area contributed by atoms with E-state index in [0.29, 0.717) is 93.2 Å². The van der Waals surface area contributed by atoms with Crippen LogP contribution in [0.3, 0.4) is 0 Å². The van der Waals surface area contributed by atoms with E-state index in [0.717, 1.165) is 0 Å². The van der Waals surface area contributed by atoms with Crippen LogP contribution in [0.4, 0.5) is 0 Å². The van der Waals surface area contributed by atoms with Gasteiger partial charge in [-0.2, -0.15) is 10.2 Å². The van der Waals surface area contributed by atoms with Crippen LogP contribution in [0.25, 0.3) is 44.4 Å². The molecule has 2 aromatic carbocycles. The minimum absolute atomic E-state index is 0.0104. The Labute approximate surface area is 282 Å². The van der Waals surface area contributed by atoms with Gasteiger partial charge in [-0.15, -0.1) is 0 Å². The molecule has 0 aliphatic carbocycles. The van der Waals surface area contributed by atoms with Crippen molar-refractivity contribution in [1.82, 2.24) is 39.0 Å². The molecule has 0 radical (unpaired) electrons. The molecular weight excluding hydrogens is 655 g/mol. The SMILES string of the molecule is O=C1CCC(Cn2cnn3cc(-c4cccc(-c5cccc(-c6cc7c(=O)n(CC8CCC(=O)N8)cnn7c6)c5Cl)c4Cl)cc3c2=O)N1. The molecule has 48 heavy (non-hydrogen) atoms. The van der Waals surface area contributed by atoms with Crippen molar-refractivity contribution in [1.29, 1.82) is 0 Å². The van der Waals surface area contributed by atoms with E-state index >= 15 is 0 Å². The van der Waals surface area contributed by atoms with Gasteiger partial charge in [0.05, 0.1) is 10.0 Å². The summed E-state index contributed by atoms with van der Waals surface area (Å²) in [6, 6.07) is 14.6. The highest BCUT2D eigenvalue weighted by molar-refractivity contribution is 6.39. The van der Waals surface area contributed by atoms with Crippen LogP contribution in [0.15, 0.2) is 83.2 Å². The summed E-state index contributed by atoms with van der Waals surface area (Å²) < 4.78 is 6.09. The first-order valence-corrected chi connectivity index (χ1v) is 16.3. The summed E-state index contributed by atoms with van der Waals surface area (Å²) in [5.41, 5.74) is 4.56. The fourth-order valence-corrected chi connectivity index (χ4v) is 7.31. The van der Waals surface area contributed by atoms with Gasteiger partial charge >= 0.3 is 0 Å². The van der Waals surface area contributed by atoms with Gasteiger partial charge in [0.1, 0.15) is 23.7 Å². The van der Waals surface area contributed by atoms with Crippen molar-refractivity contribution >= 4 is 46.0 Å². The summed E-state index contributed by atoms with van der Waals surface area (Å²) in [7, 11) is 0. The molecule has 0 spiro atoms. The third kappa shape index (κ3) is 5.26. The fraction of sp³-hybridized carbons (Fsp3) is 0.235. The van der Waals surface area contributed by atoms with Gasteiger partial charge in [-0.05, 0) is 25.0 Å². The molecule has 2 aliphatic heterocycles. The Bertz CT molecular complexity index is 2240. The number of rotatable bonds is 7. The maximum absolute atomic E-state index is 13.3. The number of hydrogen-bond acceptors (Lipinski definition) is 6. The maximum atomic E-state index is 13.3. The Balaban J connectivity index is 1.12. The van der Waals surface area contributed by atoms with Crippen LogP contribution in [-0.2, 0) is 22.7 Å². The average Bonchev–Trinajstić information content (AvgIpc) is 3.88. The van der Waals surface area contributed by atoms with E-state index in [-0.39, 0.29) is 35.0 Å². The fourth-order valence-electron chi connectivity index (χ4n) is 6.63. The third-order valence-electron chi connectivity index (χ3n) is 9.11. The number of carbonyl (C=O) groups is 2. The highest BCUT2D eigenvalue weighted by Gasteiger charge is 2.24. The zero-order chi connectivity index (χ0) is 33.1. The average molecular weight is 684 g/mol. The number of nitrogens with one attached hydrogen (secondary N) is 2. The Morgan fingerprint density at radius 3 is 1.46 bits per heavy atom. The maximum Gasteiger partial charge on any atom is 0.277 e. The summed E-state index contributed by atoms with van der Waals surface area (Å²) >= 11 is 14.1. The molecule has 12 nitrogen and oxygen atoms in total. The number of halogens is 2. The molecule has 2 saturated heterocycles. The van der Waals surface area contributed by atoms with Crippen molar-refractivity contribution in [3.05, 3.63) is 104 Å². The van der Waals surface area contributed by atoms with Crippen LogP contribution in [-0.4, -0.2) is 52.3 Å². The topological polar surface area (TPSA) is 137 Å². The number of carbonyl (C=O) groups excluding carboxylic acids is 2. The molecular formula is C34H28Cl2N8O4. The normalized spacial score (nSPS) is 17.8. The Morgan fingerprint density at radius 1 is 0.646 bits per heavy atom. The van der Waals surface area contributed by atoms with E-state index in [1.165, 1.54) is 30.8 Å². The molecule has 6 heterocycles. The van der Waals surface area contributed by atoms with Crippen molar-refractivity contribution in [2.24, 2.45) is 0 Å². The minimum Gasteiger partial charge on any atom is -0.352 e. The molecule has 2 unspecified atom stereocenters. The number of hydrogen-bond donors (Lipinski definition) is 2. The highest BCUT2D eigenvalue weighted by atomic mass is 35.5. The summed E-state index contributed by atoms with van der Waals surface area (Å²) in [5, 5.41) is 15.5. The largest absolute Gasteiger partial charge is 0.352 e. The summed E-state index contributed by atoms with van der Waals surface area (Å²) in [4.78, 5) is 49.9. The first kappa shape index (κ1) is 30.2. The van der Waals surface area contributed by atoms with Gasteiger partial charge in [-0.3, -0.25) is 28.3 Å². The quantitative estimate of drug-likeness (QED) is 0.259. The highest BCUT2D eigenvalue weighted by Crippen LogP contribution is 2.42. The first-order chi connectivity index (χ1) is 23.2. The number of amides is 2. The lowest BCUT2D eigenvalue weighted by Gasteiger charge is -2.13. The van der Waals surface area contributed by atoms with E-state index in [9.17, 15) is 19.2 Å². The lowest BCUT2D eigenvalue weighted by atomic mass is 9.97. The van der Waals surface area contributed by atoms with E-state index < -0.39 is 0 Å². The van der Waals surface area contributed by atoms with E-state index in [4.69, 9.17) is 23.2 Å². The van der Waals surface area contributed by atoms with E-state index in [1.54, 1.807) is 24.5 Å². The van der Waals surface area contributed by atoms with Gasteiger partial charge in [0.25, 0.3) is 11.1 Å². The molecule has 2 atom stereocenters. The van der Waals surface area contributed by atoms with Crippen LogP contribution in [0.5, 0.6) is 0 Å². The standard InChI is InChI=1S/C34H28Cl2N8O4/c35-31-23(19-11-27-33(47)41(17-37-43(27)13-19)15-21-7-9-29(45)39-21)3-1-5-25(31)26-6-2-4-24(32(26)36)20-12-28-34(48)42(18-38-44(28)14-20)16-22-8-10-30(46)40-22/h1-6,11-14,17-18,21-22H,7-10,15-16H2,(H,39,45)(H,40,46). The Morgan fingerprint density at radius 2 is 1.06 bits per heavy atom. The molecule has 8 rings (SSSR count). The van der Waals surface area contributed by atoms with Crippen LogP contribution in [0, 0.1) is 0 Å². The molecule has 0 bridgehead atoms. The lowest BCUT2D eigenvalue weighted by Crippen LogP contribution is -2.34. The van der Waals surface area contributed by atoms with Crippen molar-refractivity contribution in [2.45, 2.75) is 50.9 Å². The van der Waals surface area contributed by atoms with Gasteiger partial charge in [-0.1, -0.05) is 59.6 Å². The van der Waals surface area contributed by atoms with Crippen molar-refractivity contribution in [2.75, 3.05) is 0 Å². The Hall–Kier alpha value is -5.20. The minimum atomic E-state index is -0.216. The van der Waals surface area contributed by atoms with Crippen LogP contribution < -0.4 is 21.8 Å². The van der Waals surface area contributed by atoms with Gasteiger partial charge in [-0.25, -0.2) is 9.03 Å². The third-order valence-corrected chi connectivity index (χ3v) is 9.92. The second kappa shape index (κ2) is 11.8. The number of nitrogens with zero attached hydrogens (tertiary/aromatic N) is 6. The van der Waals surface area contributed by atoms with Crippen molar-refractivity contribution < 1.29 is 9.59 Å². The van der Waals surface area contributed by atoms with E-state index in [1.807, 2.05) is 36.4 Å². The zero-order valence-corrected chi connectivity index (χ0v) is 26.9. The van der Waals surface area contributed by atoms with Gasteiger partial charge in [0.2, 0.25) is 11.8 Å². The van der Waals surface area contributed by atoms with Crippen molar-refractivity contribution in [3.8, 4) is 33.4 Å². The van der Waals surface area contributed by atoms with Gasteiger partial charge < -0.3 is 10.6 Å². The monoisotopic (exact) mass is 682 g/mol. The molecule has 2 fully saturated rings. The molecule has 2 aliphatic rings. The van der Waals surface area contributed by atoms with Gasteiger partial charge in [0.15, 0.2) is 0 Å². The molecule has 14 heteroatoms. The van der Waals surface area contributed by atoms with Gasteiger partial charge in [0, 0.05) is 83.8 Å². The summed E-state index contributed by atoms with van der Waals surface area (Å²) in [6.07, 6.45) is 8.75. The van der Waals surface area contributed by atoms with E-state index in [2.05, 4.69) is 20.8 Å². The zero-order valence-electron chi connectivity index (χ0n) is 25.4. The predicted octanol–water partition coefficient (Wildman–Crippen LogP) is 4.17. The summed E-state index contributed by atoms with van der Waals surface area (Å²) in [5.74, 6) is -0.0207. The second-order valence-corrected chi connectivity index (χ2v) is 13.0. The molecule has 2 N–H and O–H groups in total. The first-order valence-electron chi connectivity index (χ1n) is 15.6. The summed E-state index contributed by atoms with van der Waals surface area (Å²) in [6.45, 7) is 0.701. The molecule has 4 aromatic heterocycles. The molecule has 6 aromatic rings. The molecule has 242 valence electrons. The predicted molar refractivity (Wildman–Crippen MR) is 181 cm³/mol. The number of benzene rings is 2. The second-order valence-electron chi connectivity index (χ2n) is 12.2. The number of fused-ring (bicyclic) bond motifs is 2. The van der Waals surface area contributed by atoms with Crippen LogP contribution in [0.2, 0.25) is 10.0 Å². The van der Waals surface area contributed by atoms with Crippen molar-refractivity contribution in [3.63, 3.8) is 0 Å². The Kier molecular flexibility index (Phi) is 7.41. The van der Waals surface area contributed by atoms with Crippen LogP contribution in [0.1, 0.15) is 25.7 Å². The smallest absolute Gasteiger partial charge is 0.277 e. The number of aromatic nitrogens is 6. The molecule has 2 amide bonds. The van der Waals surface area contributed by atoms with Crippen LogP contribution >= 0.6 is 23.2 Å². The lowest BCUT2D eigenvalue weighted by molar-refractivity contribution is -0.120.